The van der Waals surface area contributed by atoms with E-state index in [0.29, 0.717) is 17.5 Å². The van der Waals surface area contributed by atoms with Gasteiger partial charge in [-0.15, -0.1) is 12.3 Å². The number of hydrogen-bond donors (Lipinski definition) is 0. The topological polar surface area (TPSA) is 17.1 Å². The molecule has 0 aromatic heterocycles. The molecule has 0 fully saturated rings. The van der Waals surface area contributed by atoms with Crippen LogP contribution in [-0.2, 0) is 0 Å². The van der Waals surface area contributed by atoms with Crippen LogP contribution in [0.2, 0.25) is 0 Å². The average molecular weight is 190 g/mol. The van der Waals surface area contributed by atoms with Crippen molar-refractivity contribution < 1.29 is 9.18 Å². The molecule has 0 spiro atoms. The van der Waals surface area contributed by atoms with Crippen molar-refractivity contribution in [3.63, 3.8) is 0 Å². The fourth-order valence-electron chi connectivity index (χ4n) is 1.10. The summed E-state index contributed by atoms with van der Waals surface area (Å²) >= 11 is 0. The molecular weight excluding hydrogens is 179 g/mol. The van der Waals surface area contributed by atoms with Crippen molar-refractivity contribution in [2.24, 2.45) is 0 Å². The van der Waals surface area contributed by atoms with E-state index in [0.717, 1.165) is 0 Å². The molecule has 0 aliphatic rings. The monoisotopic (exact) mass is 190 g/mol. The maximum Gasteiger partial charge on any atom is 0.163 e. The number of carbonyl (C=O) groups excluding carboxylic acids is 1. The molecule has 1 rings (SSSR count). The predicted octanol–water partition coefficient (Wildman–Crippen LogP) is 2.73. The number of halogens is 1. The molecule has 1 aromatic rings. The van der Waals surface area contributed by atoms with Gasteiger partial charge in [-0.05, 0) is 18.6 Å². The summed E-state index contributed by atoms with van der Waals surface area (Å²) in [4.78, 5) is 11.4. The summed E-state index contributed by atoms with van der Waals surface area (Å²) in [7, 11) is 0. The van der Waals surface area contributed by atoms with Crippen molar-refractivity contribution in [2.45, 2.75) is 19.8 Å². The molecule has 0 saturated heterocycles. The lowest BCUT2D eigenvalue weighted by molar-refractivity contribution is 0.0984. The molecule has 2 heteroatoms. The molecule has 14 heavy (non-hydrogen) atoms. The van der Waals surface area contributed by atoms with Gasteiger partial charge in [-0.25, -0.2) is 4.39 Å². The van der Waals surface area contributed by atoms with Crippen molar-refractivity contribution in [3.05, 3.63) is 35.1 Å². The SMILES string of the molecule is C#CCCC(=O)c1ccc(C)c(F)c1. The minimum Gasteiger partial charge on any atom is -0.294 e. The van der Waals surface area contributed by atoms with Crippen molar-refractivity contribution >= 4 is 5.78 Å². The third kappa shape index (κ3) is 2.43. The molecule has 0 saturated carbocycles. The summed E-state index contributed by atoms with van der Waals surface area (Å²) in [5.74, 6) is 1.92. The molecular formula is C12H11FO. The van der Waals surface area contributed by atoms with Crippen LogP contribution >= 0.6 is 0 Å². The van der Waals surface area contributed by atoms with E-state index < -0.39 is 0 Å². The molecule has 0 unspecified atom stereocenters. The third-order valence-corrected chi connectivity index (χ3v) is 1.99. The zero-order valence-electron chi connectivity index (χ0n) is 8.01. The minimum atomic E-state index is -0.350. The lowest BCUT2D eigenvalue weighted by atomic mass is 10.0. The lowest BCUT2D eigenvalue weighted by Gasteiger charge is -2.00. The summed E-state index contributed by atoms with van der Waals surface area (Å²) in [6, 6.07) is 4.48. The first kappa shape index (κ1) is 10.5. The number of ketones is 1. The molecule has 0 atom stereocenters. The summed E-state index contributed by atoms with van der Waals surface area (Å²) in [6.45, 7) is 1.66. The maximum atomic E-state index is 13.1. The summed E-state index contributed by atoms with van der Waals surface area (Å²) < 4.78 is 13.1. The van der Waals surface area contributed by atoms with Gasteiger partial charge in [-0.2, -0.15) is 0 Å². The molecule has 0 amide bonds. The smallest absolute Gasteiger partial charge is 0.163 e. The van der Waals surface area contributed by atoms with Crippen molar-refractivity contribution in [1.29, 1.82) is 0 Å². The predicted molar refractivity (Wildman–Crippen MR) is 53.5 cm³/mol. The lowest BCUT2D eigenvalue weighted by Crippen LogP contribution is -1.99. The number of rotatable bonds is 3. The second kappa shape index (κ2) is 4.57. The average Bonchev–Trinajstić information content (AvgIpc) is 2.18. The zero-order chi connectivity index (χ0) is 10.6. The second-order valence-electron chi connectivity index (χ2n) is 3.09. The van der Waals surface area contributed by atoms with Crippen LogP contribution in [0.1, 0.15) is 28.8 Å². The number of hydrogen-bond acceptors (Lipinski definition) is 1. The van der Waals surface area contributed by atoms with Crippen molar-refractivity contribution in [1.82, 2.24) is 0 Å². The van der Waals surface area contributed by atoms with Crippen LogP contribution in [0.5, 0.6) is 0 Å². The minimum absolute atomic E-state index is 0.109. The normalized spacial score (nSPS) is 9.50. The summed E-state index contributed by atoms with van der Waals surface area (Å²) in [5, 5.41) is 0. The standard InChI is InChI=1S/C12H11FO/c1-3-4-5-12(14)10-7-6-9(2)11(13)8-10/h1,6-8H,4-5H2,2H3. The van der Waals surface area contributed by atoms with Gasteiger partial charge in [0.2, 0.25) is 0 Å². The fraction of sp³-hybridized carbons (Fsp3) is 0.250. The van der Waals surface area contributed by atoms with Crippen LogP contribution in [0.3, 0.4) is 0 Å². The van der Waals surface area contributed by atoms with Crippen LogP contribution < -0.4 is 0 Å². The van der Waals surface area contributed by atoms with Crippen LogP contribution in [0.25, 0.3) is 0 Å². The number of terminal acetylenes is 1. The van der Waals surface area contributed by atoms with E-state index in [-0.39, 0.29) is 18.0 Å². The Morgan fingerprint density at radius 2 is 2.29 bits per heavy atom. The molecule has 0 aliphatic carbocycles. The second-order valence-corrected chi connectivity index (χ2v) is 3.09. The Bertz CT molecular complexity index is 388. The Morgan fingerprint density at radius 3 is 2.86 bits per heavy atom. The van der Waals surface area contributed by atoms with Gasteiger partial charge in [-0.3, -0.25) is 4.79 Å². The van der Waals surface area contributed by atoms with Crippen LogP contribution in [0.15, 0.2) is 18.2 Å². The van der Waals surface area contributed by atoms with Gasteiger partial charge in [0.05, 0.1) is 0 Å². The first-order valence-electron chi connectivity index (χ1n) is 4.38. The van der Waals surface area contributed by atoms with Gasteiger partial charge < -0.3 is 0 Å². The highest BCUT2D eigenvalue weighted by Gasteiger charge is 2.06. The van der Waals surface area contributed by atoms with Crippen LogP contribution in [0.4, 0.5) is 4.39 Å². The molecule has 0 N–H and O–H groups in total. The molecule has 0 radical (unpaired) electrons. The van der Waals surface area contributed by atoms with Crippen LogP contribution in [-0.4, -0.2) is 5.78 Å². The molecule has 1 nitrogen and oxygen atoms in total. The van der Waals surface area contributed by atoms with Crippen LogP contribution in [0, 0.1) is 25.1 Å². The Morgan fingerprint density at radius 1 is 1.57 bits per heavy atom. The third-order valence-electron chi connectivity index (χ3n) is 1.99. The zero-order valence-corrected chi connectivity index (χ0v) is 8.01. The summed E-state index contributed by atoms with van der Waals surface area (Å²) in [5.41, 5.74) is 0.932. The van der Waals surface area contributed by atoms with Crippen molar-refractivity contribution in [2.75, 3.05) is 0 Å². The van der Waals surface area contributed by atoms with E-state index in [1.807, 2.05) is 0 Å². The molecule has 72 valence electrons. The van der Waals surface area contributed by atoms with Gasteiger partial charge in [0.15, 0.2) is 5.78 Å². The first-order chi connectivity index (χ1) is 6.65. The van der Waals surface area contributed by atoms with Gasteiger partial charge in [0.25, 0.3) is 0 Å². The molecule has 0 heterocycles. The largest absolute Gasteiger partial charge is 0.294 e. The number of aryl methyl sites for hydroxylation is 1. The number of carbonyl (C=O) groups is 1. The fourth-order valence-corrected chi connectivity index (χ4v) is 1.10. The van der Waals surface area contributed by atoms with E-state index in [2.05, 4.69) is 5.92 Å². The van der Waals surface area contributed by atoms with Gasteiger partial charge in [0, 0.05) is 18.4 Å². The Kier molecular flexibility index (Phi) is 3.41. The van der Waals surface area contributed by atoms with E-state index in [1.165, 1.54) is 6.07 Å². The number of benzene rings is 1. The van der Waals surface area contributed by atoms with Crippen molar-refractivity contribution in [3.8, 4) is 12.3 Å². The Labute approximate surface area is 82.9 Å². The highest BCUT2D eigenvalue weighted by Crippen LogP contribution is 2.11. The molecule has 0 bridgehead atoms. The summed E-state index contributed by atoms with van der Waals surface area (Å²) in [6.07, 6.45) is 5.71. The van der Waals surface area contributed by atoms with Gasteiger partial charge in [0.1, 0.15) is 5.82 Å². The van der Waals surface area contributed by atoms with E-state index in [4.69, 9.17) is 6.42 Å². The van der Waals surface area contributed by atoms with E-state index >= 15 is 0 Å². The van der Waals surface area contributed by atoms with E-state index in [1.54, 1.807) is 19.1 Å². The van der Waals surface area contributed by atoms with Gasteiger partial charge >= 0.3 is 0 Å². The molecule has 0 aliphatic heterocycles. The van der Waals surface area contributed by atoms with E-state index in [9.17, 15) is 9.18 Å². The highest BCUT2D eigenvalue weighted by atomic mass is 19.1. The Balaban J connectivity index is 2.82. The molecule has 1 aromatic carbocycles. The first-order valence-corrected chi connectivity index (χ1v) is 4.38. The maximum absolute atomic E-state index is 13.1. The Hall–Kier alpha value is -1.62. The highest BCUT2D eigenvalue weighted by molar-refractivity contribution is 5.96. The quantitative estimate of drug-likeness (QED) is 0.529. The number of Topliss-reactive ketones (excluding diaryl/α,β-unsaturated/α-hetero) is 1. The van der Waals surface area contributed by atoms with Gasteiger partial charge in [-0.1, -0.05) is 12.1 Å².